The summed E-state index contributed by atoms with van der Waals surface area (Å²) < 4.78 is 20.6. The number of rotatable bonds is 9. The van der Waals surface area contributed by atoms with Crippen LogP contribution in [-0.2, 0) is 20.9 Å². The number of hydrogen-bond donors (Lipinski definition) is 2. The Hall–Kier alpha value is -4.06. The Morgan fingerprint density at radius 3 is 2.35 bits per heavy atom. The standard InChI is InChI=1S/C35H41FN6O3S/c1-39-17-15-35(16-18-39,33(44)37-28-11-13-29(14-12-28)40-19-21-45-22-20-40)42(23-27-9-5-6-10-30(27)36)32(43)25-41-24-31(38-34(41)46)26-7-3-2-4-8-26/h2-14,31H,15-25H2,1H3,(H,37,44)(H,38,46)/t31-/m0/s1. The topological polar surface area (TPSA) is 80.4 Å². The molecule has 0 radical (unpaired) electrons. The minimum Gasteiger partial charge on any atom is -0.378 e. The van der Waals surface area contributed by atoms with Gasteiger partial charge in [0.15, 0.2) is 5.11 Å². The van der Waals surface area contributed by atoms with Crippen molar-refractivity contribution in [3.63, 3.8) is 0 Å². The quantitative estimate of drug-likeness (QED) is 0.339. The molecule has 3 fully saturated rings. The van der Waals surface area contributed by atoms with E-state index in [4.69, 9.17) is 17.0 Å². The van der Waals surface area contributed by atoms with Crippen LogP contribution in [-0.4, -0.2) is 96.7 Å². The number of likely N-dealkylation sites (tertiary alicyclic amines) is 1. The molecule has 0 bridgehead atoms. The monoisotopic (exact) mass is 644 g/mol. The molecule has 9 nitrogen and oxygen atoms in total. The Morgan fingerprint density at radius 2 is 1.65 bits per heavy atom. The van der Waals surface area contributed by atoms with Crippen molar-refractivity contribution in [1.82, 2.24) is 20.0 Å². The highest BCUT2D eigenvalue weighted by Gasteiger charge is 2.48. The van der Waals surface area contributed by atoms with E-state index in [0.29, 0.717) is 62.1 Å². The molecule has 242 valence electrons. The predicted octanol–water partition coefficient (Wildman–Crippen LogP) is 4.03. The van der Waals surface area contributed by atoms with Gasteiger partial charge in [0.1, 0.15) is 11.4 Å². The van der Waals surface area contributed by atoms with Crippen molar-refractivity contribution in [3.05, 3.63) is 95.8 Å². The van der Waals surface area contributed by atoms with Crippen molar-refractivity contribution in [2.75, 3.05) is 69.7 Å². The van der Waals surface area contributed by atoms with Gasteiger partial charge in [-0.1, -0.05) is 48.5 Å². The van der Waals surface area contributed by atoms with Gasteiger partial charge in [0.25, 0.3) is 0 Å². The van der Waals surface area contributed by atoms with E-state index in [1.807, 2.05) is 66.5 Å². The molecule has 6 rings (SSSR count). The minimum atomic E-state index is -1.19. The summed E-state index contributed by atoms with van der Waals surface area (Å²) in [5, 5.41) is 6.94. The number of piperidine rings is 1. The zero-order chi connectivity index (χ0) is 32.1. The highest BCUT2D eigenvalue weighted by molar-refractivity contribution is 7.80. The van der Waals surface area contributed by atoms with Crippen LogP contribution in [0.4, 0.5) is 15.8 Å². The summed E-state index contributed by atoms with van der Waals surface area (Å²) in [5.74, 6) is -0.956. The van der Waals surface area contributed by atoms with E-state index >= 15 is 4.39 Å². The Kier molecular flexibility index (Phi) is 9.81. The summed E-state index contributed by atoms with van der Waals surface area (Å²) in [6.45, 7) is 4.69. The average molecular weight is 645 g/mol. The normalized spacial score (nSPS) is 19.9. The lowest BCUT2D eigenvalue weighted by Crippen LogP contribution is -2.64. The number of ether oxygens (including phenoxy) is 1. The number of benzene rings is 3. The van der Waals surface area contributed by atoms with Crippen LogP contribution >= 0.6 is 12.2 Å². The first-order chi connectivity index (χ1) is 22.3. The zero-order valence-electron chi connectivity index (χ0n) is 26.2. The van der Waals surface area contributed by atoms with Crippen molar-refractivity contribution in [1.29, 1.82) is 0 Å². The lowest BCUT2D eigenvalue weighted by Gasteiger charge is -2.47. The van der Waals surface area contributed by atoms with E-state index in [1.165, 1.54) is 6.07 Å². The molecule has 11 heteroatoms. The highest BCUT2D eigenvalue weighted by Crippen LogP contribution is 2.34. The second-order valence-corrected chi connectivity index (χ2v) is 12.7. The molecule has 1 atom stereocenters. The molecule has 46 heavy (non-hydrogen) atoms. The van der Waals surface area contributed by atoms with Crippen LogP contribution in [0.3, 0.4) is 0 Å². The van der Waals surface area contributed by atoms with Gasteiger partial charge in [0.05, 0.1) is 25.8 Å². The summed E-state index contributed by atoms with van der Waals surface area (Å²) in [5.41, 5.74) is 1.96. The van der Waals surface area contributed by atoms with Crippen molar-refractivity contribution >= 4 is 40.5 Å². The van der Waals surface area contributed by atoms with Gasteiger partial charge in [-0.2, -0.15) is 0 Å². The smallest absolute Gasteiger partial charge is 0.250 e. The lowest BCUT2D eigenvalue weighted by molar-refractivity contribution is -0.150. The maximum absolute atomic E-state index is 15.1. The summed E-state index contributed by atoms with van der Waals surface area (Å²) in [7, 11) is 2.01. The van der Waals surface area contributed by atoms with Gasteiger partial charge in [0, 0.05) is 56.2 Å². The molecule has 3 aliphatic heterocycles. The third-order valence-corrected chi connectivity index (χ3v) is 9.73. The summed E-state index contributed by atoms with van der Waals surface area (Å²) in [6.07, 6.45) is 0.827. The molecule has 0 spiro atoms. The molecule has 3 aromatic carbocycles. The van der Waals surface area contributed by atoms with Crippen LogP contribution in [0.25, 0.3) is 0 Å². The number of hydrogen-bond acceptors (Lipinski definition) is 6. The number of amides is 2. The van der Waals surface area contributed by atoms with E-state index in [0.717, 1.165) is 24.3 Å². The molecular formula is C35H41FN6O3S. The van der Waals surface area contributed by atoms with Crippen LogP contribution in [0.5, 0.6) is 0 Å². The number of anilines is 2. The van der Waals surface area contributed by atoms with Gasteiger partial charge in [-0.15, -0.1) is 0 Å². The summed E-state index contributed by atoms with van der Waals surface area (Å²) >= 11 is 5.66. The fourth-order valence-electron chi connectivity index (χ4n) is 6.56. The Bertz CT molecular complexity index is 1530. The maximum Gasteiger partial charge on any atom is 0.250 e. The largest absolute Gasteiger partial charge is 0.378 e. The van der Waals surface area contributed by atoms with Crippen molar-refractivity contribution in [3.8, 4) is 0 Å². The van der Waals surface area contributed by atoms with Gasteiger partial charge >= 0.3 is 0 Å². The van der Waals surface area contributed by atoms with Gasteiger partial charge in [-0.05, 0) is 68.0 Å². The number of halogens is 1. The molecule has 0 unspecified atom stereocenters. The first-order valence-corrected chi connectivity index (χ1v) is 16.3. The highest BCUT2D eigenvalue weighted by atomic mass is 32.1. The minimum absolute atomic E-state index is 0.0251. The van der Waals surface area contributed by atoms with E-state index in [1.54, 1.807) is 23.1 Å². The lowest BCUT2D eigenvalue weighted by atomic mass is 9.83. The SMILES string of the molecule is CN1CCC(C(=O)Nc2ccc(N3CCOCC3)cc2)(N(Cc2ccccc2F)C(=O)CN2C[C@@H](c3ccccc3)NC2=S)CC1. The number of carbonyl (C=O) groups is 2. The molecule has 3 heterocycles. The fourth-order valence-corrected chi connectivity index (χ4v) is 6.84. The number of morpholine rings is 1. The molecule has 0 aromatic heterocycles. The molecule has 0 saturated carbocycles. The second-order valence-electron chi connectivity index (χ2n) is 12.3. The maximum atomic E-state index is 15.1. The van der Waals surface area contributed by atoms with E-state index in [2.05, 4.69) is 20.4 Å². The second kappa shape index (κ2) is 14.1. The molecular weight excluding hydrogens is 603 g/mol. The van der Waals surface area contributed by atoms with E-state index in [9.17, 15) is 9.59 Å². The Labute approximate surface area is 275 Å². The number of nitrogens with one attached hydrogen (secondary N) is 2. The van der Waals surface area contributed by atoms with E-state index < -0.39 is 11.4 Å². The van der Waals surface area contributed by atoms with Gasteiger partial charge < -0.3 is 35.0 Å². The van der Waals surface area contributed by atoms with Crippen molar-refractivity contribution < 1.29 is 18.7 Å². The van der Waals surface area contributed by atoms with Gasteiger partial charge in [-0.3, -0.25) is 9.59 Å². The van der Waals surface area contributed by atoms with Crippen molar-refractivity contribution in [2.24, 2.45) is 0 Å². The molecule has 2 amide bonds. The average Bonchev–Trinajstić information content (AvgIpc) is 3.45. The Balaban J connectivity index is 1.27. The summed E-state index contributed by atoms with van der Waals surface area (Å²) in [4.78, 5) is 36.7. The summed E-state index contributed by atoms with van der Waals surface area (Å²) in [6, 6.07) is 24.1. The van der Waals surface area contributed by atoms with Crippen LogP contribution in [0, 0.1) is 5.82 Å². The fraction of sp³-hybridized carbons (Fsp3) is 0.400. The molecule has 2 N–H and O–H groups in total. The molecule has 3 saturated heterocycles. The van der Waals surface area contributed by atoms with Crippen LogP contribution in [0.15, 0.2) is 78.9 Å². The first-order valence-electron chi connectivity index (χ1n) is 15.9. The van der Waals surface area contributed by atoms with Crippen molar-refractivity contribution in [2.45, 2.75) is 31.0 Å². The third kappa shape index (κ3) is 7.01. The molecule has 0 aliphatic carbocycles. The first kappa shape index (κ1) is 31.9. The number of nitrogens with zero attached hydrogens (tertiary/aromatic N) is 4. The zero-order valence-corrected chi connectivity index (χ0v) is 27.0. The van der Waals surface area contributed by atoms with Gasteiger partial charge in [0.2, 0.25) is 11.8 Å². The predicted molar refractivity (Wildman–Crippen MR) is 181 cm³/mol. The van der Waals surface area contributed by atoms with Gasteiger partial charge in [-0.25, -0.2) is 4.39 Å². The van der Waals surface area contributed by atoms with Crippen LogP contribution < -0.4 is 15.5 Å². The van der Waals surface area contributed by atoms with Crippen LogP contribution in [0.1, 0.15) is 30.0 Å². The number of thiocarbonyl (C=S) groups is 1. The molecule has 3 aliphatic rings. The molecule has 3 aromatic rings. The van der Waals surface area contributed by atoms with E-state index in [-0.39, 0.29) is 30.9 Å². The third-order valence-electron chi connectivity index (χ3n) is 9.36. The van der Waals surface area contributed by atoms with Crippen LogP contribution in [0.2, 0.25) is 0 Å². The number of carbonyl (C=O) groups excluding carboxylic acids is 2. The Morgan fingerprint density at radius 1 is 0.978 bits per heavy atom.